The highest BCUT2D eigenvalue weighted by molar-refractivity contribution is 7.99. The van der Waals surface area contributed by atoms with Crippen LogP contribution in [0.5, 0.6) is 0 Å². The van der Waals surface area contributed by atoms with Crippen LogP contribution in [0.4, 0.5) is 4.79 Å². The number of aromatic nitrogens is 3. The third-order valence-corrected chi connectivity index (χ3v) is 7.19. The van der Waals surface area contributed by atoms with Crippen LogP contribution in [0.3, 0.4) is 0 Å². The molecule has 11 heteroatoms. The Kier molecular flexibility index (Phi) is 6.28. The van der Waals surface area contributed by atoms with Gasteiger partial charge in [0.1, 0.15) is 11.4 Å². The SMILES string of the molecule is CC[C@@]1(c2ccccc2)NC(=O)N(NC(=O)CSc2nnc(Cc3cccs3)n2C)C1=O. The second kappa shape index (κ2) is 9.13. The maximum atomic E-state index is 13.1. The molecule has 2 N–H and O–H groups in total. The van der Waals surface area contributed by atoms with Gasteiger partial charge >= 0.3 is 6.03 Å². The molecule has 1 aliphatic rings. The molecular formula is C21H22N6O3S2. The molecule has 0 aliphatic carbocycles. The number of urea groups is 1. The standard InChI is InChI=1S/C21H22N6O3S2/c1-3-21(14-8-5-4-6-9-14)18(29)27(19(30)22-21)25-17(28)13-32-20-24-23-16(26(20)2)12-15-10-7-11-31-15/h4-11H,3,12-13H2,1-2H3,(H,22,30)(H,25,28)/t21-/m0/s1. The Balaban J connectivity index is 1.39. The van der Waals surface area contributed by atoms with Crippen molar-refractivity contribution in [1.82, 2.24) is 30.5 Å². The molecule has 3 heterocycles. The van der Waals surface area contributed by atoms with Crippen molar-refractivity contribution in [3.8, 4) is 0 Å². The molecule has 166 valence electrons. The number of amides is 4. The van der Waals surface area contributed by atoms with Crippen LogP contribution in [0.2, 0.25) is 0 Å². The average Bonchev–Trinajstić information content (AvgIpc) is 3.50. The van der Waals surface area contributed by atoms with Crippen molar-refractivity contribution >= 4 is 40.9 Å². The van der Waals surface area contributed by atoms with Gasteiger partial charge in [0.15, 0.2) is 5.16 Å². The van der Waals surface area contributed by atoms with Gasteiger partial charge in [-0.3, -0.25) is 15.0 Å². The van der Waals surface area contributed by atoms with E-state index in [0.717, 1.165) is 10.8 Å². The molecule has 9 nitrogen and oxygen atoms in total. The summed E-state index contributed by atoms with van der Waals surface area (Å²) in [6.45, 7) is 1.81. The molecule has 0 saturated carbocycles. The Morgan fingerprint density at radius 3 is 2.66 bits per heavy atom. The second-order valence-corrected chi connectivity index (χ2v) is 9.21. The van der Waals surface area contributed by atoms with Crippen molar-refractivity contribution in [2.75, 3.05) is 5.75 Å². The summed E-state index contributed by atoms with van der Waals surface area (Å²) in [4.78, 5) is 39.3. The lowest BCUT2D eigenvalue weighted by molar-refractivity contribution is -0.138. The molecule has 32 heavy (non-hydrogen) atoms. The minimum absolute atomic E-state index is 0.0213. The first-order valence-electron chi connectivity index (χ1n) is 9.99. The van der Waals surface area contributed by atoms with E-state index < -0.39 is 23.4 Å². The van der Waals surface area contributed by atoms with Gasteiger partial charge in [0.2, 0.25) is 5.91 Å². The molecule has 1 aromatic carbocycles. The lowest BCUT2D eigenvalue weighted by Crippen LogP contribution is -2.49. The normalized spacial score (nSPS) is 18.1. The van der Waals surface area contributed by atoms with Crippen LogP contribution in [-0.4, -0.2) is 43.4 Å². The summed E-state index contributed by atoms with van der Waals surface area (Å²) in [5.41, 5.74) is 1.90. The third kappa shape index (κ3) is 4.13. The first-order valence-corrected chi connectivity index (χ1v) is 11.9. The molecule has 0 bridgehead atoms. The van der Waals surface area contributed by atoms with E-state index >= 15 is 0 Å². The summed E-state index contributed by atoms with van der Waals surface area (Å²) in [5.74, 6) is -0.222. The highest BCUT2D eigenvalue weighted by Gasteiger charge is 2.52. The Hall–Kier alpha value is -3.18. The van der Waals surface area contributed by atoms with E-state index in [1.807, 2.05) is 42.1 Å². The average molecular weight is 471 g/mol. The minimum atomic E-state index is -1.20. The van der Waals surface area contributed by atoms with Crippen molar-refractivity contribution in [3.63, 3.8) is 0 Å². The first kappa shape index (κ1) is 22.0. The lowest BCUT2D eigenvalue weighted by atomic mass is 9.87. The van der Waals surface area contributed by atoms with Gasteiger partial charge in [-0.05, 0) is 23.4 Å². The van der Waals surface area contributed by atoms with Gasteiger partial charge in [-0.1, -0.05) is 55.1 Å². The van der Waals surface area contributed by atoms with E-state index in [2.05, 4.69) is 20.9 Å². The van der Waals surface area contributed by atoms with Gasteiger partial charge < -0.3 is 9.88 Å². The fourth-order valence-corrected chi connectivity index (χ4v) is 4.94. The summed E-state index contributed by atoms with van der Waals surface area (Å²) < 4.78 is 1.84. The van der Waals surface area contributed by atoms with Gasteiger partial charge in [0.25, 0.3) is 5.91 Å². The van der Waals surface area contributed by atoms with Crippen molar-refractivity contribution in [3.05, 3.63) is 64.1 Å². The highest BCUT2D eigenvalue weighted by atomic mass is 32.2. The van der Waals surface area contributed by atoms with Gasteiger partial charge in [0, 0.05) is 18.3 Å². The fourth-order valence-electron chi connectivity index (χ4n) is 3.52. The van der Waals surface area contributed by atoms with Crippen LogP contribution >= 0.6 is 23.1 Å². The zero-order valence-electron chi connectivity index (χ0n) is 17.6. The summed E-state index contributed by atoms with van der Waals surface area (Å²) in [6.07, 6.45) is 1.02. The number of thioether (sulfide) groups is 1. The molecule has 1 atom stereocenters. The number of nitrogens with one attached hydrogen (secondary N) is 2. The predicted molar refractivity (Wildman–Crippen MR) is 121 cm³/mol. The van der Waals surface area contributed by atoms with E-state index in [-0.39, 0.29) is 5.75 Å². The van der Waals surface area contributed by atoms with Gasteiger partial charge in [-0.25, -0.2) is 4.79 Å². The summed E-state index contributed by atoms with van der Waals surface area (Å²) in [7, 11) is 1.84. The fraction of sp³-hybridized carbons (Fsp3) is 0.286. The molecule has 4 amide bonds. The van der Waals surface area contributed by atoms with Crippen molar-refractivity contribution < 1.29 is 14.4 Å². The van der Waals surface area contributed by atoms with E-state index in [4.69, 9.17) is 0 Å². The van der Waals surface area contributed by atoms with E-state index in [0.29, 0.717) is 23.6 Å². The molecule has 0 radical (unpaired) electrons. The van der Waals surface area contributed by atoms with Crippen molar-refractivity contribution in [2.45, 2.75) is 30.5 Å². The van der Waals surface area contributed by atoms with Gasteiger partial charge in [-0.15, -0.1) is 21.5 Å². The topological polar surface area (TPSA) is 109 Å². The second-order valence-electron chi connectivity index (χ2n) is 7.23. The molecule has 0 unspecified atom stereocenters. The summed E-state index contributed by atoms with van der Waals surface area (Å²) in [6, 6.07) is 12.4. The largest absolute Gasteiger partial charge is 0.344 e. The Labute approximate surface area is 193 Å². The monoisotopic (exact) mass is 470 g/mol. The Morgan fingerprint density at radius 1 is 1.19 bits per heavy atom. The van der Waals surface area contributed by atoms with Crippen LogP contribution in [-0.2, 0) is 28.6 Å². The number of carbonyl (C=O) groups excluding carboxylic acids is 3. The van der Waals surface area contributed by atoms with Crippen LogP contribution < -0.4 is 10.7 Å². The van der Waals surface area contributed by atoms with Crippen LogP contribution in [0, 0.1) is 0 Å². The molecular weight excluding hydrogens is 448 g/mol. The Morgan fingerprint density at radius 2 is 1.97 bits per heavy atom. The molecule has 0 spiro atoms. The van der Waals surface area contributed by atoms with Crippen LogP contribution in [0.25, 0.3) is 0 Å². The molecule has 1 fully saturated rings. The highest BCUT2D eigenvalue weighted by Crippen LogP contribution is 2.31. The third-order valence-electron chi connectivity index (χ3n) is 5.29. The molecule has 2 aromatic heterocycles. The molecule has 4 rings (SSSR count). The number of hydrazine groups is 1. The zero-order chi connectivity index (χ0) is 22.7. The molecule has 1 saturated heterocycles. The van der Waals surface area contributed by atoms with Crippen LogP contribution in [0.15, 0.2) is 53.0 Å². The summed E-state index contributed by atoms with van der Waals surface area (Å²) >= 11 is 2.83. The van der Waals surface area contributed by atoms with E-state index in [9.17, 15) is 14.4 Å². The maximum Gasteiger partial charge on any atom is 0.344 e. The number of carbonyl (C=O) groups is 3. The minimum Gasteiger partial charge on any atom is -0.318 e. The zero-order valence-corrected chi connectivity index (χ0v) is 19.2. The number of imide groups is 1. The number of hydrogen-bond acceptors (Lipinski definition) is 7. The van der Waals surface area contributed by atoms with Crippen molar-refractivity contribution in [2.24, 2.45) is 7.05 Å². The quantitative estimate of drug-likeness (QED) is 0.387. The van der Waals surface area contributed by atoms with Crippen LogP contribution in [0.1, 0.15) is 29.6 Å². The number of benzene rings is 1. The number of thiophene rings is 1. The number of hydrogen-bond donors (Lipinski definition) is 2. The maximum absolute atomic E-state index is 13.1. The number of rotatable bonds is 8. The molecule has 3 aromatic rings. The lowest BCUT2D eigenvalue weighted by Gasteiger charge is -2.25. The van der Waals surface area contributed by atoms with E-state index in [1.165, 1.54) is 16.6 Å². The Bertz CT molecular complexity index is 1130. The first-order chi connectivity index (χ1) is 15.4. The summed E-state index contributed by atoms with van der Waals surface area (Å²) in [5, 5.41) is 14.4. The smallest absolute Gasteiger partial charge is 0.318 e. The molecule has 1 aliphatic heterocycles. The van der Waals surface area contributed by atoms with Crippen molar-refractivity contribution in [1.29, 1.82) is 0 Å². The van der Waals surface area contributed by atoms with Gasteiger partial charge in [-0.2, -0.15) is 5.01 Å². The van der Waals surface area contributed by atoms with E-state index in [1.54, 1.807) is 35.6 Å². The number of nitrogens with zero attached hydrogens (tertiary/aromatic N) is 4. The van der Waals surface area contributed by atoms with Gasteiger partial charge in [0.05, 0.1) is 5.75 Å². The predicted octanol–water partition coefficient (Wildman–Crippen LogP) is 2.45.